The second kappa shape index (κ2) is 7.86. The van der Waals surface area contributed by atoms with Gasteiger partial charge in [0.05, 0.1) is 23.0 Å². The standard InChI is InChI=1S/C20H24N6O3/c1-12-5-6-20(2,14-3-4-16(21)24-9-14)26(11-12)19(29)18(28)25-15-7-13(17(22)27)8-23-10-15/h3-4,7-10,12H,5-6,11H2,1-2H3,(H2,21,24)(H2,22,27)(H,25,28)/t12-,20-/m0/s1. The lowest BCUT2D eigenvalue weighted by molar-refractivity contribution is -0.150. The van der Waals surface area contributed by atoms with Gasteiger partial charge in [-0.2, -0.15) is 0 Å². The molecule has 3 heterocycles. The number of carbonyl (C=O) groups excluding carboxylic acids is 3. The highest BCUT2D eigenvalue weighted by Gasteiger charge is 2.43. The largest absolute Gasteiger partial charge is 0.384 e. The number of hydrogen-bond donors (Lipinski definition) is 3. The van der Waals surface area contributed by atoms with Gasteiger partial charge in [-0.1, -0.05) is 13.0 Å². The third-order valence-electron chi connectivity index (χ3n) is 5.34. The van der Waals surface area contributed by atoms with Gasteiger partial charge in [-0.05, 0) is 43.4 Å². The molecule has 1 aliphatic heterocycles. The Bertz CT molecular complexity index is 945. The number of nitrogen functional groups attached to an aromatic ring is 1. The number of piperidine rings is 1. The minimum atomic E-state index is -0.808. The van der Waals surface area contributed by atoms with Crippen molar-refractivity contribution in [3.8, 4) is 0 Å². The third kappa shape index (κ3) is 4.18. The molecule has 1 saturated heterocycles. The van der Waals surface area contributed by atoms with E-state index in [-0.39, 0.29) is 17.2 Å². The number of rotatable bonds is 3. The summed E-state index contributed by atoms with van der Waals surface area (Å²) in [5.41, 5.74) is 11.4. The van der Waals surface area contributed by atoms with E-state index in [0.29, 0.717) is 18.8 Å². The van der Waals surface area contributed by atoms with Gasteiger partial charge >= 0.3 is 11.8 Å². The lowest BCUT2D eigenvalue weighted by atomic mass is 9.79. The maximum absolute atomic E-state index is 13.1. The first kappa shape index (κ1) is 20.2. The summed E-state index contributed by atoms with van der Waals surface area (Å²) in [6.45, 7) is 4.40. The molecule has 5 N–H and O–H groups in total. The van der Waals surface area contributed by atoms with Gasteiger partial charge in [-0.25, -0.2) is 4.98 Å². The zero-order chi connectivity index (χ0) is 21.2. The second-order valence-corrected chi connectivity index (χ2v) is 7.59. The number of nitrogens with one attached hydrogen (secondary N) is 1. The lowest BCUT2D eigenvalue weighted by Crippen LogP contribution is -2.55. The van der Waals surface area contributed by atoms with Crippen molar-refractivity contribution in [1.29, 1.82) is 0 Å². The van der Waals surface area contributed by atoms with E-state index in [4.69, 9.17) is 11.5 Å². The highest BCUT2D eigenvalue weighted by Crippen LogP contribution is 2.39. The lowest BCUT2D eigenvalue weighted by Gasteiger charge is -2.46. The molecule has 2 aromatic rings. The van der Waals surface area contributed by atoms with Crippen LogP contribution in [0.5, 0.6) is 0 Å². The number of pyridine rings is 2. The Kier molecular flexibility index (Phi) is 5.49. The SMILES string of the molecule is C[C@H]1CC[C@@](C)(c2ccc(N)nc2)N(C(=O)C(=O)Nc2cncc(C(N)=O)c2)C1. The van der Waals surface area contributed by atoms with Gasteiger partial charge in [0.15, 0.2) is 0 Å². The Balaban J connectivity index is 1.85. The average molecular weight is 396 g/mol. The van der Waals surface area contributed by atoms with Crippen LogP contribution in [0.3, 0.4) is 0 Å². The van der Waals surface area contributed by atoms with Crippen molar-refractivity contribution in [2.75, 3.05) is 17.6 Å². The monoisotopic (exact) mass is 396 g/mol. The molecule has 2 aromatic heterocycles. The van der Waals surface area contributed by atoms with Crippen LogP contribution in [-0.4, -0.2) is 39.1 Å². The Hall–Kier alpha value is -3.49. The van der Waals surface area contributed by atoms with Crippen molar-refractivity contribution in [2.24, 2.45) is 11.7 Å². The molecule has 0 spiro atoms. The molecule has 9 heteroatoms. The fourth-order valence-corrected chi connectivity index (χ4v) is 3.55. The van der Waals surface area contributed by atoms with Gasteiger partial charge in [-0.3, -0.25) is 19.4 Å². The molecule has 152 valence electrons. The van der Waals surface area contributed by atoms with E-state index in [2.05, 4.69) is 15.3 Å². The first-order chi connectivity index (χ1) is 13.7. The summed E-state index contributed by atoms with van der Waals surface area (Å²) < 4.78 is 0. The number of aromatic nitrogens is 2. The van der Waals surface area contributed by atoms with Crippen LogP contribution in [-0.2, 0) is 15.1 Å². The topological polar surface area (TPSA) is 144 Å². The quantitative estimate of drug-likeness (QED) is 0.666. The van der Waals surface area contributed by atoms with Crippen molar-refractivity contribution in [2.45, 2.75) is 32.2 Å². The third-order valence-corrected chi connectivity index (χ3v) is 5.34. The van der Waals surface area contributed by atoms with E-state index in [1.807, 2.05) is 19.9 Å². The van der Waals surface area contributed by atoms with Crippen molar-refractivity contribution in [1.82, 2.24) is 14.9 Å². The van der Waals surface area contributed by atoms with Gasteiger partial charge in [0.2, 0.25) is 5.91 Å². The maximum atomic E-state index is 13.1. The number of amides is 3. The molecule has 1 fully saturated rings. The fraction of sp³-hybridized carbons (Fsp3) is 0.350. The zero-order valence-electron chi connectivity index (χ0n) is 16.4. The van der Waals surface area contributed by atoms with Crippen molar-refractivity contribution >= 4 is 29.2 Å². The van der Waals surface area contributed by atoms with Crippen LogP contribution in [0.15, 0.2) is 36.8 Å². The number of likely N-dealkylation sites (tertiary alicyclic amines) is 1. The van der Waals surface area contributed by atoms with E-state index < -0.39 is 23.3 Å². The Labute approximate surface area is 168 Å². The van der Waals surface area contributed by atoms with E-state index >= 15 is 0 Å². The molecular weight excluding hydrogens is 372 g/mol. The minimum Gasteiger partial charge on any atom is -0.384 e. The molecule has 0 bridgehead atoms. The van der Waals surface area contributed by atoms with Crippen LogP contribution in [0.1, 0.15) is 42.6 Å². The minimum absolute atomic E-state index is 0.139. The molecule has 0 aromatic carbocycles. The maximum Gasteiger partial charge on any atom is 0.313 e. The van der Waals surface area contributed by atoms with Crippen LogP contribution in [0, 0.1) is 5.92 Å². The van der Waals surface area contributed by atoms with Gasteiger partial charge < -0.3 is 21.7 Å². The molecule has 29 heavy (non-hydrogen) atoms. The Morgan fingerprint density at radius 1 is 1.24 bits per heavy atom. The number of nitrogens with zero attached hydrogens (tertiary/aromatic N) is 3. The van der Waals surface area contributed by atoms with E-state index in [1.165, 1.54) is 18.5 Å². The molecule has 9 nitrogen and oxygen atoms in total. The molecule has 2 atom stereocenters. The van der Waals surface area contributed by atoms with Crippen LogP contribution >= 0.6 is 0 Å². The number of anilines is 2. The molecule has 0 saturated carbocycles. The van der Waals surface area contributed by atoms with Crippen LogP contribution in [0.4, 0.5) is 11.5 Å². The van der Waals surface area contributed by atoms with Crippen molar-refractivity contribution < 1.29 is 14.4 Å². The first-order valence-electron chi connectivity index (χ1n) is 9.30. The summed E-state index contributed by atoms with van der Waals surface area (Å²) in [6.07, 6.45) is 5.88. The number of hydrogen-bond acceptors (Lipinski definition) is 6. The van der Waals surface area contributed by atoms with E-state index in [0.717, 1.165) is 12.0 Å². The van der Waals surface area contributed by atoms with Crippen LogP contribution in [0.25, 0.3) is 0 Å². The predicted molar refractivity (Wildman–Crippen MR) is 107 cm³/mol. The number of nitrogens with two attached hydrogens (primary N) is 2. The van der Waals surface area contributed by atoms with E-state index in [1.54, 1.807) is 17.2 Å². The molecular formula is C20H24N6O3. The Morgan fingerprint density at radius 3 is 2.66 bits per heavy atom. The molecule has 1 aliphatic rings. The highest BCUT2D eigenvalue weighted by molar-refractivity contribution is 6.39. The molecule has 3 amide bonds. The summed E-state index contributed by atoms with van der Waals surface area (Å²) in [5.74, 6) is -1.51. The van der Waals surface area contributed by atoms with Crippen molar-refractivity contribution in [3.63, 3.8) is 0 Å². The van der Waals surface area contributed by atoms with Crippen LogP contribution < -0.4 is 16.8 Å². The van der Waals surface area contributed by atoms with E-state index in [9.17, 15) is 14.4 Å². The Morgan fingerprint density at radius 2 is 2.00 bits per heavy atom. The highest BCUT2D eigenvalue weighted by atomic mass is 16.2. The molecule has 3 rings (SSSR count). The summed E-state index contributed by atoms with van der Waals surface area (Å²) >= 11 is 0. The zero-order valence-corrected chi connectivity index (χ0v) is 16.4. The normalized spacial score (nSPS) is 21.4. The van der Waals surface area contributed by atoms with Gasteiger partial charge in [0.25, 0.3) is 0 Å². The molecule has 0 radical (unpaired) electrons. The predicted octanol–water partition coefficient (Wildman–Crippen LogP) is 1.27. The average Bonchev–Trinajstić information content (AvgIpc) is 2.70. The summed E-state index contributed by atoms with van der Waals surface area (Å²) in [6, 6.07) is 4.89. The summed E-state index contributed by atoms with van der Waals surface area (Å²) in [4.78, 5) is 46.7. The van der Waals surface area contributed by atoms with Crippen LogP contribution in [0.2, 0.25) is 0 Å². The summed E-state index contributed by atoms with van der Waals surface area (Å²) in [5, 5.41) is 2.51. The van der Waals surface area contributed by atoms with Gasteiger partial charge in [-0.15, -0.1) is 0 Å². The molecule has 0 unspecified atom stereocenters. The number of carbonyl (C=O) groups is 3. The summed E-state index contributed by atoms with van der Waals surface area (Å²) in [7, 11) is 0. The number of primary amides is 1. The van der Waals surface area contributed by atoms with Crippen molar-refractivity contribution in [3.05, 3.63) is 47.9 Å². The van der Waals surface area contributed by atoms with Gasteiger partial charge in [0, 0.05) is 18.9 Å². The fourth-order valence-electron chi connectivity index (χ4n) is 3.55. The van der Waals surface area contributed by atoms with Gasteiger partial charge in [0.1, 0.15) is 5.82 Å². The second-order valence-electron chi connectivity index (χ2n) is 7.59. The molecule has 0 aliphatic carbocycles. The smallest absolute Gasteiger partial charge is 0.313 e. The first-order valence-corrected chi connectivity index (χ1v) is 9.30.